The number of para-hydroxylation sites is 1. The Kier molecular flexibility index (Phi) is 4.85. The van der Waals surface area contributed by atoms with Gasteiger partial charge in [-0.2, -0.15) is 0 Å². The largest absolute Gasteiger partial charge is 0.357 e. The maximum absolute atomic E-state index is 12.9. The van der Waals surface area contributed by atoms with Crippen LogP contribution in [0.15, 0.2) is 36.9 Å². The summed E-state index contributed by atoms with van der Waals surface area (Å²) in [7, 11) is 0. The number of amides is 1. The van der Waals surface area contributed by atoms with Gasteiger partial charge >= 0.3 is 0 Å². The van der Waals surface area contributed by atoms with Gasteiger partial charge in [0.2, 0.25) is 5.91 Å². The third kappa shape index (κ3) is 2.82. The second-order valence-electron chi connectivity index (χ2n) is 8.20. The molecule has 2 aliphatic heterocycles. The molecule has 144 valence electrons. The monoisotopic (exact) mass is 365 g/mol. The molecule has 2 N–H and O–H groups in total. The maximum Gasteiger partial charge on any atom is 0.223 e. The van der Waals surface area contributed by atoms with Gasteiger partial charge in [-0.25, -0.2) is 0 Å². The number of nitrogens with zero attached hydrogens (tertiary/aromatic N) is 1. The molecule has 0 bridgehead atoms. The first kappa shape index (κ1) is 18.3. The molecule has 1 unspecified atom stereocenters. The lowest BCUT2D eigenvalue weighted by atomic mass is 9.61. The van der Waals surface area contributed by atoms with Gasteiger partial charge in [0.1, 0.15) is 0 Å². The van der Waals surface area contributed by atoms with E-state index in [1.165, 1.54) is 28.6 Å². The first-order chi connectivity index (χ1) is 13.1. The maximum atomic E-state index is 12.9. The highest BCUT2D eigenvalue weighted by atomic mass is 16.1. The minimum Gasteiger partial charge on any atom is -0.357 e. The molecule has 0 spiro atoms. The van der Waals surface area contributed by atoms with E-state index in [0.717, 1.165) is 32.4 Å². The Labute approximate surface area is 162 Å². The van der Waals surface area contributed by atoms with Crippen molar-refractivity contribution in [1.29, 1.82) is 0 Å². The fourth-order valence-electron chi connectivity index (χ4n) is 5.65. The Morgan fingerprint density at radius 2 is 2.26 bits per heavy atom. The van der Waals surface area contributed by atoms with E-state index in [-0.39, 0.29) is 23.3 Å². The molecular formula is C23H31N3O. The van der Waals surface area contributed by atoms with Crippen LogP contribution in [0.25, 0.3) is 10.9 Å². The van der Waals surface area contributed by atoms with Crippen molar-refractivity contribution in [2.24, 2.45) is 11.3 Å². The number of nitrogens with one attached hydrogen (secondary N) is 2. The number of benzene rings is 1. The molecular weight excluding hydrogens is 334 g/mol. The Bertz CT molecular complexity index is 854. The number of hydrogen-bond donors (Lipinski definition) is 2. The lowest BCUT2D eigenvalue weighted by Crippen LogP contribution is -2.54. The van der Waals surface area contributed by atoms with Crippen LogP contribution >= 0.6 is 0 Å². The lowest BCUT2D eigenvalue weighted by molar-refractivity contribution is -0.134. The van der Waals surface area contributed by atoms with Crippen molar-refractivity contribution in [3.05, 3.63) is 48.2 Å². The summed E-state index contributed by atoms with van der Waals surface area (Å²) < 4.78 is 0. The van der Waals surface area contributed by atoms with Crippen LogP contribution in [-0.4, -0.2) is 35.4 Å². The Morgan fingerprint density at radius 3 is 3.04 bits per heavy atom. The van der Waals surface area contributed by atoms with Crippen molar-refractivity contribution in [3.8, 4) is 0 Å². The normalized spacial score (nSPS) is 26.2. The predicted molar refractivity (Wildman–Crippen MR) is 111 cm³/mol. The highest BCUT2D eigenvalue weighted by molar-refractivity contribution is 5.85. The fourth-order valence-corrected chi connectivity index (χ4v) is 5.65. The first-order valence-corrected chi connectivity index (χ1v) is 10.3. The number of piperidine rings is 1. The van der Waals surface area contributed by atoms with Gasteiger partial charge < -0.3 is 10.3 Å². The van der Waals surface area contributed by atoms with E-state index in [1.54, 1.807) is 6.08 Å². The number of aromatic nitrogens is 1. The van der Waals surface area contributed by atoms with E-state index in [0.29, 0.717) is 6.54 Å². The van der Waals surface area contributed by atoms with Gasteiger partial charge in [-0.15, -0.1) is 6.58 Å². The van der Waals surface area contributed by atoms with Crippen LogP contribution in [0.1, 0.15) is 50.4 Å². The van der Waals surface area contributed by atoms with E-state index in [1.807, 2.05) is 0 Å². The van der Waals surface area contributed by atoms with Gasteiger partial charge in [-0.1, -0.05) is 38.1 Å². The molecule has 3 atom stereocenters. The number of carbonyl (C=O) groups is 1. The lowest BCUT2D eigenvalue weighted by Gasteiger charge is -2.54. The molecule has 0 saturated carbocycles. The summed E-state index contributed by atoms with van der Waals surface area (Å²) in [6.45, 7) is 10.9. The zero-order valence-electron chi connectivity index (χ0n) is 16.6. The Hall–Kier alpha value is -2.07. The molecule has 2 aliphatic rings. The summed E-state index contributed by atoms with van der Waals surface area (Å²) >= 11 is 0. The molecule has 1 amide bonds. The summed E-state index contributed by atoms with van der Waals surface area (Å²) in [5.41, 5.74) is 4.00. The summed E-state index contributed by atoms with van der Waals surface area (Å²) in [6, 6.07) is 8.92. The van der Waals surface area contributed by atoms with E-state index < -0.39 is 0 Å². The fraction of sp³-hybridized carbons (Fsp3) is 0.522. The summed E-state index contributed by atoms with van der Waals surface area (Å²) in [5.74, 6) is 0.120. The molecule has 4 rings (SSSR count). The number of aromatic amines is 1. The molecule has 2 aromatic rings. The third-order valence-corrected chi connectivity index (χ3v) is 7.10. The van der Waals surface area contributed by atoms with Gasteiger partial charge in [0.05, 0.1) is 6.04 Å². The number of fused-ring (bicyclic) bond motifs is 5. The minimum absolute atomic E-state index is 0.0346. The molecule has 1 aromatic heterocycles. The van der Waals surface area contributed by atoms with Crippen LogP contribution in [-0.2, 0) is 11.2 Å². The standard InChI is InChI=1S/C23H31N3O/c1-4-13-24-22(27)16(3)23(5-2)12-8-14-26-15-11-18-17-9-6-7-10-19(17)25-20(18)21(23)26/h4,6-7,9-10,16,21,25H,1,5,8,11-15H2,2-3H3,(H,24,27)/t16?,21-,23+/m1/s1. The predicted octanol–water partition coefficient (Wildman–Crippen LogP) is 4.20. The van der Waals surface area contributed by atoms with Crippen LogP contribution in [0.2, 0.25) is 0 Å². The summed E-state index contributed by atoms with van der Waals surface area (Å²) in [5, 5.41) is 4.40. The van der Waals surface area contributed by atoms with Crippen LogP contribution in [0.4, 0.5) is 0 Å². The van der Waals surface area contributed by atoms with Gasteiger partial charge in [-0.05, 0) is 43.9 Å². The zero-order chi connectivity index (χ0) is 19.0. The highest BCUT2D eigenvalue weighted by Crippen LogP contribution is 2.55. The summed E-state index contributed by atoms with van der Waals surface area (Å²) in [4.78, 5) is 19.3. The second kappa shape index (κ2) is 7.16. The smallest absolute Gasteiger partial charge is 0.223 e. The van der Waals surface area contributed by atoms with Crippen LogP contribution in [0, 0.1) is 11.3 Å². The van der Waals surface area contributed by atoms with Crippen molar-refractivity contribution >= 4 is 16.8 Å². The van der Waals surface area contributed by atoms with Gasteiger partial charge in [-0.3, -0.25) is 9.69 Å². The SMILES string of the molecule is C=CCNC(=O)C(C)[C@]1(CC)CCCN2CCc3c([nH]c4ccccc34)[C@@H]21. The van der Waals surface area contributed by atoms with Crippen molar-refractivity contribution in [1.82, 2.24) is 15.2 Å². The van der Waals surface area contributed by atoms with E-state index >= 15 is 0 Å². The first-order valence-electron chi connectivity index (χ1n) is 10.3. The van der Waals surface area contributed by atoms with Crippen LogP contribution in [0.3, 0.4) is 0 Å². The van der Waals surface area contributed by atoms with Crippen molar-refractivity contribution in [2.75, 3.05) is 19.6 Å². The summed E-state index contributed by atoms with van der Waals surface area (Å²) in [6.07, 6.45) is 6.12. The average Bonchev–Trinajstić information content (AvgIpc) is 3.09. The topological polar surface area (TPSA) is 48.1 Å². The molecule has 4 nitrogen and oxygen atoms in total. The molecule has 0 aliphatic carbocycles. The van der Waals surface area contributed by atoms with E-state index in [2.05, 4.69) is 59.9 Å². The van der Waals surface area contributed by atoms with Gasteiger partial charge in [0.15, 0.2) is 0 Å². The average molecular weight is 366 g/mol. The molecule has 4 heteroatoms. The molecule has 27 heavy (non-hydrogen) atoms. The highest BCUT2D eigenvalue weighted by Gasteiger charge is 2.52. The molecule has 1 fully saturated rings. The molecule has 1 saturated heterocycles. The molecule has 0 radical (unpaired) electrons. The Balaban J connectivity index is 1.80. The van der Waals surface area contributed by atoms with E-state index in [9.17, 15) is 4.79 Å². The third-order valence-electron chi connectivity index (χ3n) is 7.10. The van der Waals surface area contributed by atoms with Crippen LogP contribution in [0.5, 0.6) is 0 Å². The van der Waals surface area contributed by atoms with Crippen molar-refractivity contribution in [2.45, 2.75) is 45.6 Å². The van der Waals surface area contributed by atoms with Crippen molar-refractivity contribution < 1.29 is 4.79 Å². The number of rotatable bonds is 5. The van der Waals surface area contributed by atoms with Crippen LogP contribution < -0.4 is 5.32 Å². The second-order valence-corrected chi connectivity index (χ2v) is 8.20. The minimum atomic E-state index is -0.0421. The zero-order valence-corrected chi connectivity index (χ0v) is 16.6. The van der Waals surface area contributed by atoms with Gasteiger partial charge in [0, 0.05) is 41.0 Å². The number of H-pyrrole nitrogens is 1. The Morgan fingerprint density at radius 1 is 1.44 bits per heavy atom. The van der Waals surface area contributed by atoms with Gasteiger partial charge in [0.25, 0.3) is 0 Å². The number of hydrogen-bond acceptors (Lipinski definition) is 2. The quantitative estimate of drug-likeness (QED) is 0.780. The number of carbonyl (C=O) groups excluding carboxylic acids is 1. The van der Waals surface area contributed by atoms with E-state index in [4.69, 9.17) is 0 Å². The molecule has 3 heterocycles. The molecule has 1 aromatic carbocycles. The van der Waals surface area contributed by atoms with Crippen molar-refractivity contribution in [3.63, 3.8) is 0 Å².